The third kappa shape index (κ3) is 7.28. The molecule has 0 radical (unpaired) electrons. The molecule has 2 aromatic carbocycles. The lowest BCUT2D eigenvalue weighted by Crippen LogP contribution is -2.62. The number of oxime groups is 1. The minimum Gasteiger partial charge on any atom is -0.508 e. The standard InChI is InChI=1S/C38H48N4O8/c1-37(2,3)50-36(46)31-22-39-41-42(31)33-21-30(40-48-23-24-11-5-4-6-12-24)28-19-25(13-7-9-17-43)27(14-8-10-18-44)34-29-20-26(45)15-16-32(29)49-38(33,47)35(28)34/h4-6,11-12,15-16,19-20,22,25,27,33-35,43-45,47H,7-10,13-14,17-18,21,23H2,1-3H3. The maximum Gasteiger partial charge on any atom is 0.358 e. The normalized spacial score (nSPS) is 26.4. The number of fused-ring (bicyclic) bond motifs is 2. The zero-order chi connectivity index (χ0) is 35.5. The second kappa shape index (κ2) is 14.9. The van der Waals surface area contributed by atoms with Gasteiger partial charge in [-0.3, -0.25) is 0 Å². The molecule has 12 nitrogen and oxygen atoms in total. The van der Waals surface area contributed by atoms with Crippen LogP contribution in [0.5, 0.6) is 11.5 Å². The van der Waals surface area contributed by atoms with Crippen molar-refractivity contribution in [2.45, 2.75) is 95.7 Å². The van der Waals surface area contributed by atoms with Gasteiger partial charge in [-0.1, -0.05) is 59.6 Å². The zero-order valence-corrected chi connectivity index (χ0v) is 28.9. The average molecular weight is 689 g/mol. The van der Waals surface area contributed by atoms with Crippen molar-refractivity contribution >= 4 is 11.7 Å². The minimum atomic E-state index is -1.92. The van der Waals surface area contributed by atoms with E-state index in [2.05, 4.69) is 16.4 Å². The van der Waals surface area contributed by atoms with Crippen molar-refractivity contribution in [1.29, 1.82) is 0 Å². The molecule has 2 heterocycles. The zero-order valence-electron chi connectivity index (χ0n) is 28.9. The highest BCUT2D eigenvalue weighted by Gasteiger charge is 2.63. The summed E-state index contributed by atoms with van der Waals surface area (Å²) in [6.07, 6.45) is 7.98. The number of aromatic nitrogens is 3. The number of ether oxygens (including phenoxy) is 2. The molecule has 268 valence electrons. The maximum atomic E-state index is 13.5. The van der Waals surface area contributed by atoms with Gasteiger partial charge in [-0.2, -0.15) is 0 Å². The predicted octanol–water partition coefficient (Wildman–Crippen LogP) is 5.44. The first-order valence-electron chi connectivity index (χ1n) is 17.6. The maximum absolute atomic E-state index is 13.5. The summed E-state index contributed by atoms with van der Waals surface area (Å²) in [6, 6.07) is 13.6. The molecule has 0 amide bonds. The van der Waals surface area contributed by atoms with Crippen molar-refractivity contribution in [3.05, 3.63) is 83.2 Å². The van der Waals surface area contributed by atoms with Gasteiger partial charge in [0.15, 0.2) is 5.69 Å². The quantitative estimate of drug-likeness (QED) is 0.103. The van der Waals surface area contributed by atoms with Crippen LogP contribution in [-0.4, -0.2) is 71.7 Å². The van der Waals surface area contributed by atoms with Crippen molar-refractivity contribution in [3.8, 4) is 11.5 Å². The molecule has 0 saturated heterocycles. The average Bonchev–Trinajstić information content (AvgIpc) is 3.57. The monoisotopic (exact) mass is 688 g/mol. The third-order valence-corrected chi connectivity index (χ3v) is 9.99. The molecule has 6 unspecified atom stereocenters. The van der Waals surface area contributed by atoms with E-state index in [0.29, 0.717) is 24.3 Å². The lowest BCUT2D eigenvalue weighted by atomic mass is 9.55. The van der Waals surface area contributed by atoms with Crippen LogP contribution in [0.15, 0.2) is 71.5 Å². The number of hydrogen-bond donors (Lipinski definition) is 4. The molecule has 4 N–H and O–H groups in total. The summed E-state index contributed by atoms with van der Waals surface area (Å²) in [4.78, 5) is 19.5. The number of hydrogen-bond acceptors (Lipinski definition) is 11. The number of aromatic hydroxyl groups is 1. The number of phenols is 1. The fourth-order valence-electron chi connectivity index (χ4n) is 7.92. The Kier molecular flexibility index (Phi) is 10.6. The van der Waals surface area contributed by atoms with Crippen molar-refractivity contribution in [2.24, 2.45) is 22.9 Å². The van der Waals surface area contributed by atoms with Crippen LogP contribution in [0.2, 0.25) is 0 Å². The Morgan fingerprint density at radius 3 is 2.52 bits per heavy atom. The summed E-state index contributed by atoms with van der Waals surface area (Å²) in [5.74, 6) is -3.07. The number of allylic oxidation sites excluding steroid dienone is 1. The Balaban J connectivity index is 1.52. The fourth-order valence-corrected chi connectivity index (χ4v) is 7.92. The molecule has 1 saturated carbocycles. The lowest BCUT2D eigenvalue weighted by Gasteiger charge is -2.56. The van der Waals surface area contributed by atoms with Crippen molar-refractivity contribution in [1.82, 2.24) is 15.0 Å². The SMILES string of the molecule is CC(C)(C)OC(=O)c1cnnn1C1CC(=NOCc2ccccc2)C2=CC(CCCCO)C(CCCCO)C3c4cc(O)ccc4OC1(O)C23. The first-order chi connectivity index (χ1) is 24.0. The van der Waals surface area contributed by atoms with Gasteiger partial charge in [0.25, 0.3) is 0 Å². The first kappa shape index (κ1) is 35.6. The van der Waals surface area contributed by atoms with Gasteiger partial charge >= 0.3 is 5.97 Å². The Morgan fingerprint density at radius 1 is 1.06 bits per heavy atom. The van der Waals surface area contributed by atoms with E-state index in [1.54, 1.807) is 32.9 Å². The van der Waals surface area contributed by atoms with Gasteiger partial charge < -0.3 is 34.7 Å². The number of esters is 1. The molecule has 0 bridgehead atoms. The largest absolute Gasteiger partial charge is 0.508 e. The summed E-state index contributed by atoms with van der Waals surface area (Å²) in [6.45, 7) is 5.71. The molecule has 1 aromatic heterocycles. The van der Waals surface area contributed by atoms with E-state index in [1.807, 2.05) is 30.3 Å². The second-order valence-electron chi connectivity index (χ2n) is 14.6. The van der Waals surface area contributed by atoms with Crippen LogP contribution in [0.4, 0.5) is 0 Å². The first-order valence-corrected chi connectivity index (χ1v) is 17.6. The molecule has 12 heteroatoms. The number of rotatable bonds is 13. The van der Waals surface area contributed by atoms with E-state index in [9.17, 15) is 25.2 Å². The van der Waals surface area contributed by atoms with Crippen molar-refractivity contribution in [2.75, 3.05) is 13.2 Å². The van der Waals surface area contributed by atoms with Crippen LogP contribution in [0.3, 0.4) is 0 Å². The molecule has 2 aliphatic carbocycles. The molecule has 3 aromatic rings. The van der Waals surface area contributed by atoms with Crippen molar-refractivity contribution < 1.29 is 39.5 Å². The summed E-state index contributed by atoms with van der Waals surface area (Å²) in [5.41, 5.74) is 2.35. The molecule has 6 atom stereocenters. The van der Waals surface area contributed by atoms with Gasteiger partial charge in [-0.25, -0.2) is 9.48 Å². The molecule has 1 aliphatic heterocycles. The Hall–Kier alpha value is -4.26. The summed E-state index contributed by atoms with van der Waals surface area (Å²) >= 11 is 0. The molecule has 50 heavy (non-hydrogen) atoms. The Labute approximate surface area is 292 Å². The Bertz CT molecular complexity index is 1700. The molecule has 3 aliphatic rings. The number of unbranched alkanes of at least 4 members (excludes halogenated alkanes) is 2. The van der Waals surface area contributed by atoms with Gasteiger partial charge in [0.05, 0.1) is 17.8 Å². The molecule has 1 fully saturated rings. The van der Waals surface area contributed by atoms with Crippen LogP contribution < -0.4 is 4.74 Å². The number of carbonyl (C=O) groups excluding carboxylic acids is 1. The second-order valence-corrected chi connectivity index (χ2v) is 14.6. The molecule has 0 spiro atoms. The third-order valence-electron chi connectivity index (χ3n) is 9.99. The van der Waals surface area contributed by atoms with Crippen LogP contribution in [0.1, 0.15) is 99.3 Å². The van der Waals surface area contributed by atoms with E-state index < -0.39 is 29.3 Å². The van der Waals surface area contributed by atoms with E-state index in [1.165, 1.54) is 16.9 Å². The highest BCUT2D eigenvalue weighted by molar-refractivity contribution is 6.02. The number of carbonyl (C=O) groups is 1. The topological polar surface area (TPSA) is 169 Å². The van der Waals surface area contributed by atoms with Crippen LogP contribution in [-0.2, 0) is 16.2 Å². The Morgan fingerprint density at radius 2 is 1.80 bits per heavy atom. The highest BCUT2D eigenvalue weighted by atomic mass is 16.6. The van der Waals surface area contributed by atoms with E-state index in [-0.39, 0.29) is 55.4 Å². The fraction of sp³-hybridized carbons (Fsp3) is 0.526. The predicted molar refractivity (Wildman–Crippen MR) is 184 cm³/mol. The number of aliphatic hydroxyl groups excluding tert-OH is 2. The van der Waals surface area contributed by atoms with E-state index >= 15 is 0 Å². The van der Waals surface area contributed by atoms with Gasteiger partial charge in [0, 0.05) is 31.1 Å². The van der Waals surface area contributed by atoms with Gasteiger partial charge in [0.1, 0.15) is 29.7 Å². The van der Waals surface area contributed by atoms with Gasteiger partial charge in [-0.15, -0.1) is 5.10 Å². The summed E-state index contributed by atoms with van der Waals surface area (Å²) < 4.78 is 13.7. The summed E-state index contributed by atoms with van der Waals surface area (Å²) in [5, 5.41) is 56.2. The minimum absolute atomic E-state index is 0.0173. The van der Waals surface area contributed by atoms with E-state index in [4.69, 9.17) is 19.5 Å². The number of benzene rings is 2. The van der Waals surface area contributed by atoms with Crippen LogP contribution >= 0.6 is 0 Å². The number of aliphatic hydroxyl groups is 3. The van der Waals surface area contributed by atoms with Gasteiger partial charge in [0.2, 0.25) is 5.79 Å². The number of phenolic OH excluding ortho intramolecular Hbond substituents is 1. The summed E-state index contributed by atoms with van der Waals surface area (Å²) in [7, 11) is 0. The molecular weight excluding hydrogens is 640 g/mol. The molecule has 6 rings (SSSR count). The van der Waals surface area contributed by atoms with E-state index in [0.717, 1.165) is 42.4 Å². The molecular formula is C38H48N4O8. The van der Waals surface area contributed by atoms with Crippen LogP contribution in [0, 0.1) is 17.8 Å². The van der Waals surface area contributed by atoms with Crippen molar-refractivity contribution in [3.63, 3.8) is 0 Å². The smallest absolute Gasteiger partial charge is 0.358 e. The lowest BCUT2D eigenvalue weighted by molar-refractivity contribution is -0.225. The highest BCUT2D eigenvalue weighted by Crippen LogP contribution is 2.62. The van der Waals surface area contributed by atoms with Gasteiger partial charge in [-0.05, 0) is 87.6 Å². The van der Waals surface area contributed by atoms with Crippen LogP contribution in [0.25, 0.3) is 0 Å². The number of nitrogens with zero attached hydrogens (tertiary/aromatic N) is 4.